The predicted molar refractivity (Wildman–Crippen MR) is 85.1 cm³/mol. The van der Waals surface area contributed by atoms with Crippen LogP contribution in [-0.4, -0.2) is 27.5 Å². The highest BCUT2D eigenvalue weighted by molar-refractivity contribution is 5.94. The van der Waals surface area contributed by atoms with Crippen LogP contribution in [0.2, 0.25) is 0 Å². The fourth-order valence-electron chi connectivity index (χ4n) is 6.08. The van der Waals surface area contributed by atoms with Gasteiger partial charge in [-0.1, -0.05) is 0 Å². The Kier molecular flexibility index (Phi) is 3.12. The third-order valence-electron chi connectivity index (χ3n) is 6.18. The quantitative estimate of drug-likeness (QED) is 0.799. The number of rotatable bonds is 4. The van der Waals surface area contributed by atoms with Crippen molar-refractivity contribution >= 4 is 11.9 Å². The SMILES string of the molecule is Cc1cc(C(=O)NC23CC4CC(CC(CC(=O)O)(C4)C2)C3)c[nH]1. The van der Waals surface area contributed by atoms with Crippen molar-refractivity contribution in [1.82, 2.24) is 10.3 Å². The number of hydrogen-bond donors (Lipinski definition) is 3. The number of nitrogens with one attached hydrogen (secondary N) is 2. The van der Waals surface area contributed by atoms with Crippen LogP contribution in [0.3, 0.4) is 0 Å². The van der Waals surface area contributed by atoms with Crippen LogP contribution < -0.4 is 5.32 Å². The lowest BCUT2D eigenvalue weighted by molar-refractivity contribution is -0.147. The number of carbonyl (C=O) groups excluding carboxylic acids is 1. The van der Waals surface area contributed by atoms with Gasteiger partial charge in [-0.3, -0.25) is 9.59 Å². The molecule has 2 atom stereocenters. The van der Waals surface area contributed by atoms with Crippen LogP contribution in [0.25, 0.3) is 0 Å². The normalized spacial score (nSPS) is 37.8. The monoisotopic (exact) mass is 316 g/mol. The zero-order valence-electron chi connectivity index (χ0n) is 13.5. The summed E-state index contributed by atoms with van der Waals surface area (Å²) in [6.45, 7) is 1.93. The zero-order valence-corrected chi connectivity index (χ0v) is 13.5. The second kappa shape index (κ2) is 4.86. The molecular formula is C18H24N2O3. The van der Waals surface area contributed by atoms with Crippen LogP contribution in [0.5, 0.6) is 0 Å². The molecule has 0 spiro atoms. The van der Waals surface area contributed by atoms with Crippen molar-refractivity contribution in [3.63, 3.8) is 0 Å². The van der Waals surface area contributed by atoms with E-state index in [1.165, 1.54) is 6.42 Å². The third-order valence-corrected chi connectivity index (χ3v) is 6.18. The zero-order chi connectivity index (χ0) is 16.2. The molecule has 124 valence electrons. The lowest BCUT2D eigenvalue weighted by Crippen LogP contribution is -2.63. The van der Waals surface area contributed by atoms with Crippen molar-refractivity contribution in [1.29, 1.82) is 0 Å². The number of aromatic amines is 1. The summed E-state index contributed by atoms with van der Waals surface area (Å²) in [5.74, 6) is 0.421. The number of aromatic nitrogens is 1. The Morgan fingerprint density at radius 2 is 2.00 bits per heavy atom. The molecule has 2 unspecified atom stereocenters. The Hall–Kier alpha value is -1.78. The molecule has 0 saturated heterocycles. The van der Waals surface area contributed by atoms with Gasteiger partial charge < -0.3 is 15.4 Å². The van der Waals surface area contributed by atoms with E-state index in [9.17, 15) is 14.7 Å². The van der Waals surface area contributed by atoms with Gasteiger partial charge in [-0.2, -0.15) is 0 Å². The van der Waals surface area contributed by atoms with Crippen LogP contribution in [-0.2, 0) is 4.79 Å². The largest absolute Gasteiger partial charge is 0.481 e. The molecule has 1 amide bonds. The van der Waals surface area contributed by atoms with Gasteiger partial charge in [0.25, 0.3) is 5.91 Å². The second-order valence-corrected chi connectivity index (χ2v) is 8.34. The van der Waals surface area contributed by atoms with Gasteiger partial charge in [-0.25, -0.2) is 0 Å². The maximum Gasteiger partial charge on any atom is 0.303 e. The standard InChI is InChI=1S/C18H24N2O3/c1-11-2-14(9-19-11)16(23)20-18-6-12-3-13(7-18)5-17(4-12,10-18)8-15(21)22/h2,9,12-13,19H,3-8,10H2,1H3,(H,20,23)(H,21,22). The number of carboxylic acid groups (broad SMARTS) is 1. The summed E-state index contributed by atoms with van der Waals surface area (Å²) in [7, 11) is 0. The molecular weight excluding hydrogens is 292 g/mol. The van der Waals surface area contributed by atoms with E-state index in [4.69, 9.17) is 0 Å². The van der Waals surface area contributed by atoms with E-state index in [1.807, 2.05) is 13.0 Å². The first kappa shape index (κ1) is 14.8. The fourth-order valence-corrected chi connectivity index (χ4v) is 6.08. The van der Waals surface area contributed by atoms with E-state index in [-0.39, 0.29) is 23.3 Å². The van der Waals surface area contributed by atoms with E-state index >= 15 is 0 Å². The summed E-state index contributed by atoms with van der Waals surface area (Å²) >= 11 is 0. The molecule has 4 bridgehead atoms. The molecule has 4 fully saturated rings. The van der Waals surface area contributed by atoms with E-state index in [0.29, 0.717) is 17.4 Å². The van der Waals surface area contributed by atoms with E-state index in [2.05, 4.69) is 10.3 Å². The number of H-pyrrole nitrogens is 1. The second-order valence-electron chi connectivity index (χ2n) is 8.34. The number of carbonyl (C=O) groups is 2. The molecule has 5 rings (SSSR count). The van der Waals surface area contributed by atoms with Crippen LogP contribution in [0, 0.1) is 24.2 Å². The van der Waals surface area contributed by atoms with Gasteiger partial charge in [0.05, 0.1) is 12.0 Å². The lowest BCUT2D eigenvalue weighted by Gasteiger charge is -2.62. The highest BCUT2D eigenvalue weighted by Gasteiger charge is 2.58. The molecule has 4 aliphatic carbocycles. The Morgan fingerprint density at radius 1 is 1.30 bits per heavy atom. The number of aliphatic carboxylic acids is 1. The number of hydrogen-bond acceptors (Lipinski definition) is 2. The molecule has 0 radical (unpaired) electrons. The van der Waals surface area contributed by atoms with Gasteiger partial charge in [0, 0.05) is 17.4 Å². The van der Waals surface area contributed by atoms with Crippen molar-refractivity contribution < 1.29 is 14.7 Å². The average Bonchev–Trinajstić information content (AvgIpc) is 2.81. The molecule has 0 aromatic carbocycles. The Balaban J connectivity index is 1.58. The highest BCUT2D eigenvalue weighted by atomic mass is 16.4. The van der Waals surface area contributed by atoms with Crippen LogP contribution in [0.15, 0.2) is 12.3 Å². The van der Waals surface area contributed by atoms with Crippen molar-refractivity contribution in [3.05, 3.63) is 23.5 Å². The smallest absolute Gasteiger partial charge is 0.303 e. The average molecular weight is 316 g/mol. The van der Waals surface area contributed by atoms with Crippen LogP contribution in [0.1, 0.15) is 61.0 Å². The van der Waals surface area contributed by atoms with Gasteiger partial charge in [-0.05, 0) is 68.8 Å². The first-order chi connectivity index (χ1) is 10.9. The minimum atomic E-state index is -0.699. The molecule has 3 N–H and O–H groups in total. The van der Waals surface area contributed by atoms with Crippen molar-refractivity contribution in [2.24, 2.45) is 17.3 Å². The Morgan fingerprint density at radius 3 is 2.57 bits per heavy atom. The summed E-state index contributed by atoms with van der Waals surface area (Å²) in [6.07, 6.45) is 8.11. The lowest BCUT2D eigenvalue weighted by atomic mass is 9.46. The van der Waals surface area contributed by atoms with Crippen molar-refractivity contribution in [3.8, 4) is 0 Å². The summed E-state index contributed by atoms with van der Waals surface area (Å²) in [4.78, 5) is 27.0. The molecule has 4 saturated carbocycles. The minimum Gasteiger partial charge on any atom is -0.481 e. The maximum absolute atomic E-state index is 12.6. The molecule has 5 nitrogen and oxygen atoms in total. The molecule has 1 heterocycles. The topological polar surface area (TPSA) is 82.2 Å². The first-order valence-corrected chi connectivity index (χ1v) is 8.56. The van der Waals surface area contributed by atoms with Gasteiger partial charge in [0.2, 0.25) is 0 Å². The molecule has 5 heteroatoms. The van der Waals surface area contributed by atoms with Gasteiger partial charge in [0.15, 0.2) is 0 Å². The molecule has 23 heavy (non-hydrogen) atoms. The first-order valence-electron chi connectivity index (χ1n) is 8.56. The van der Waals surface area contributed by atoms with E-state index < -0.39 is 5.97 Å². The van der Waals surface area contributed by atoms with Gasteiger partial charge in [0.1, 0.15) is 0 Å². The highest BCUT2D eigenvalue weighted by Crippen LogP contribution is 2.62. The summed E-state index contributed by atoms with van der Waals surface area (Å²) < 4.78 is 0. The summed E-state index contributed by atoms with van der Waals surface area (Å²) in [5.41, 5.74) is 1.35. The van der Waals surface area contributed by atoms with Crippen molar-refractivity contribution in [2.45, 2.75) is 57.4 Å². The van der Waals surface area contributed by atoms with Crippen molar-refractivity contribution in [2.75, 3.05) is 0 Å². The van der Waals surface area contributed by atoms with Crippen LogP contribution in [0.4, 0.5) is 0 Å². The molecule has 4 aliphatic rings. The molecule has 0 aliphatic heterocycles. The van der Waals surface area contributed by atoms with Gasteiger partial charge in [-0.15, -0.1) is 0 Å². The molecule has 1 aromatic rings. The Bertz CT molecular complexity index is 649. The number of carboxylic acids is 1. The summed E-state index contributed by atoms with van der Waals surface area (Å²) in [6, 6.07) is 1.86. The Labute approximate surface area is 135 Å². The van der Waals surface area contributed by atoms with Gasteiger partial charge >= 0.3 is 5.97 Å². The minimum absolute atomic E-state index is 0.0261. The van der Waals surface area contributed by atoms with E-state index in [0.717, 1.165) is 37.8 Å². The predicted octanol–water partition coefficient (Wildman–Crippen LogP) is 2.87. The summed E-state index contributed by atoms with van der Waals surface area (Å²) in [5, 5.41) is 12.6. The number of aryl methyl sites for hydroxylation is 1. The van der Waals surface area contributed by atoms with E-state index in [1.54, 1.807) is 6.20 Å². The van der Waals surface area contributed by atoms with Crippen LogP contribution >= 0.6 is 0 Å². The number of amides is 1. The molecule has 1 aromatic heterocycles. The third kappa shape index (κ3) is 2.56. The fraction of sp³-hybridized carbons (Fsp3) is 0.667. The maximum atomic E-state index is 12.6.